The minimum atomic E-state index is 0.0186. The normalized spacial score (nSPS) is 11.7. The van der Waals surface area contributed by atoms with Crippen molar-refractivity contribution in [2.45, 2.75) is 53.9 Å². The molecule has 0 aliphatic rings. The summed E-state index contributed by atoms with van der Waals surface area (Å²) in [6.07, 6.45) is 0.541. The smallest absolute Gasteiger partial charge is 0.224 e. The Hall–Kier alpha value is -1.31. The number of hydrogen-bond donors (Lipinski definition) is 1. The summed E-state index contributed by atoms with van der Waals surface area (Å²) in [4.78, 5) is 12.0. The number of rotatable bonds is 3. The van der Waals surface area contributed by atoms with Crippen molar-refractivity contribution in [3.63, 3.8) is 0 Å². The predicted molar refractivity (Wildman–Crippen MR) is 78.0 cm³/mol. The second-order valence-electron chi connectivity index (χ2n) is 6.48. The van der Waals surface area contributed by atoms with Crippen LogP contribution in [0.15, 0.2) is 18.2 Å². The highest BCUT2D eigenvalue weighted by molar-refractivity contribution is 5.92. The van der Waals surface area contributed by atoms with Crippen LogP contribution in [0.4, 0.5) is 5.69 Å². The molecular formula is C16H25NO. The zero-order chi connectivity index (χ0) is 13.9. The maximum atomic E-state index is 12.0. The van der Waals surface area contributed by atoms with Gasteiger partial charge in [-0.15, -0.1) is 0 Å². The lowest BCUT2D eigenvalue weighted by Gasteiger charge is -2.20. The maximum Gasteiger partial charge on any atom is 0.224 e. The van der Waals surface area contributed by atoms with Gasteiger partial charge in [0.15, 0.2) is 0 Å². The molecule has 1 amide bonds. The van der Waals surface area contributed by atoms with Crippen molar-refractivity contribution in [1.82, 2.24) is 0 Å². The molecule has 0 aliphatic heterocycles. The Balaban J connectivity index is 2.93. The Kier molecular flexibility index (Phi) is 4.55. The van der Waals surface area contributed by atoms with E-state index in [2.05, 4.69) is 46.0 Å². The average molecular weight is 247 g/mol. The molecule has 2 nitrogen and oxygen atoms in total. The van der Waals surface area contributed by atoms with E-state index in [0.717, 1.165) is 11.3 Å². The van der Waals surface area contributed by atoms with Crippen molar-refractivity contribution in [2.75, 3.05) is 5.32 Å². The lowest BCUT2D eigenvalue weighted by molar-refractivity contribution is -0.117. The molecule has 0 aromatic heterocycles. The first-order chi connectivity index (χ1) is 8.20. The number of carbonyl (C=O) groups is 1. The maximum absolute atomic E-state index is 12.0. The highest BCUT2D eigenvalue weighted by atomic mass is 16.1. The number of para-hydroxylation sites is 1. The predicted octanol–water partition coefficient (Wildman–Crippen LogP) is 4.49. The van der Waals surface area contributed by atoms with Gasteiger partial charge in [0.05, 0.1) is 0 Å². The highest BCUT2D eigenvalue weighted by Gasteiger charge is 2.18. The van der Waals surface area contributed by atoms with Crippen LogP contribution in [-0.4, -0.2) is 5.91 Å². The summed E-state index contributed by atoms with van der Waals surface area (Å²) in [5.74, 6) is 0.508. The van der Waals surface area contributed by atoms with Crippen molar-refractivity contribution < 1.29 is 4.79 Å². The van der Waals surface area contributed by atoms with E-state index in [1.165, 1.54) is 5.56 Å². The first kappa shape index (κ1) is 14.7. The van der Waals surface area contributed by atoms with E-state index in [4.69, 9.17) is 0 Å². The van der Waals surface area contributed by atoms with Crippen LogP contribution in [0.3, 0.4) is 0 Å². The molecule has 2 heteroatoms. The van der Waals surface area contributed by atoms with E-state index >= 15 is 0 Å². The van der Waals surface area contributed by atoms with Crippen LogP contribution in [-0.2, 0) is 4.79 Å². The molecule has 0 aliphatic carbocycles. The quantitative estimate of drug-likeness (QED) is 0.837. The Morgan fingerprint density at radius 3 is 2.39 bits per heavy atom. The standard InChI is InChI=1S/C16H25NO/c1-11(2)13-9-7-8-12(3)15(13)17-14(18)10-16(4,5)6/h7-9,11H,10H2,1-6H3,(H,17,18). The van der Waals surface area contributed by atoms with Gasteiger partial charge < -0.3 is 5.32 Å². The van der Waals surface area contributed by atoms with Crippen molar-refractivity contribution >= 4 is 11.6 Å². The number of nitrogens with one attached hydrogen (secondary N) is 1. The molecule has 1 rings (SSSR count). The first-order valence-electron chi connectivity index (χ1n) is 6.60. The monoisotopic (exact) mass is 247 g/mol. The number of aryl methyl sites for hydroxylation is 1. The van der Waals surface area contributed by atoms with Crippen LogP contribution in [0, 0.1) is 12.3 Å². The summed E-state index contributed by atoms with van der Waals surface area (Å²) in [5, 5.41) is 3.08. The molecule has 0 saturated heterocycles. The van der Waals surface area contributed by atoms with Gasteiger partial charge in [0, 0.05) is 12.1 Å². The Labute approximate surface area is 111 Å². The molecule has 0 heterocycles. The average Bonchev–Trinajstić information content (AvgIpc) is 2.17. The number of anilines is 1. The summed E-state index contributed by atoms with van der Waals surface area (Å²) in [7, 11) is 0. The van der Waals surface area contributed by atoms with Crippen molar-refractivity contribution in [1.29, 1.82) is 0 Å². The van der Waals surface area contributed by atoms with E-state index in [9.17, 15) is 4.79 Å². The van der Waals surface area contributed by atoms with Crippen molar-refractivity contribution in [3.8, 4) is 0 Å². The molecule has 0 fully saturated rings. The summed E-state index contributed by atoms with van der Waals surface area (Å²) < 4.78 is 0. The van der Waals surface area contributed by atoms with Crippen LogP contribution in [0.25, 0.3) is 0 Å². The zero-order valence-corrected chi connectivity index (χ0v) is 12.4. The van der Waals surface area contributed by atoms with Gasteiger partial charge in [-0.25, -0.2) is 0 Å². The van der Waals surface area contributed by atoms with E-state index < -0.39 is 0 Å². The lowest BCUT2D eigenvalue weighted by atomic mass is 9.91. The Bertz CT molecular complexity index is 427. The zero-order valence-electron chi connectivity index (χ0n) is 12.4. The Morgan fingerprint density at radius 1 is 1.28 bits per heavy atom. The van der Waals surface area contributed by atoms with Crippen LogP contribution in [0.1, 0.15) is 58.1 Å². The van der Waals surface area contributed by atoms with E-state index in [1.54, 1.807) is 0 Å². The molecule has 1 aromatic carbocycles. The molecule has 1 N–H and O–H groups in total. The van der Waals surface area contributed by atoms with Gasteiger partial charge in [-0.3, -0.25) is 4.79 Å². The van der Waals surface area contributed by atoms with Crippen LogP contribution in [0.5, 0.6) is 0 Å². The van der Waals surface area contributed by atoms with Gasteiger partial charge in [0.1, 0.15) is 0 Å². The van der Waals surface area contributed by atoms with Gasteiger partial charge >= 0.3 is 0 Å². The largest absolute Gasteiger partial charge is 0.326 e. The molecule has 0 radical (unpaired) electrons. The van der Waals surface area contributed by atoms with Gasteiger partial charge in [0.25, 0.3) is 0 Å². The molecule has 0 atom stereocenters. The van der Waals surface area contributed by atoms with Gasteiger partial charge in [-0.2, -0.15) is 0 Å². The first-order valence-corrected chi connectivity index (χ1v) is 6.60. The summed E-state index contributed by atoms with van der Waals surface area (Å²) in [6.45, 7) is 12.6. The highest BCUT2D eigenvalue weighted by Crippen LogP contribution is 2.28. The molecule has 0 bridgehead atoms. The number of benzene rings is 1. The summed E-state index contributed by atoms with van der Waals surface area (Å²) >= 11 is 0. The number of hydrogen-bond acceptors (Lipinski definition) is 1. The third-order valence-corrected chi connectivity index (χ3v) is 2.88. The van der Waals surface area contributed by atoms with Crippen LogP contribution < -0.4 is 5.32 Å². The van der Waals surface area contributed by atoms with Crippen LogP contribution >= 0.6 is 0 Å². The fourth-order valence-corrected chi connectivity index (χ4v) is 2.01. The summed E-state index contributed by atoms with van der Waals surface area (Å²) in [5.41, 5.74) is 3.34. The minimum Gasteiger partial charge on any atom is -0.326 e. The van der Waals surface area contributed by atoms with E-state index in [0.29, 0.717) is 12.3 Å². The topological polar surface area (TPSA) is 29.1 Å². The molecule has 18 heavy (non-hydrogen) atoms. The Morgan fingerprint density at radius 2 is 1.89 bits per heavy atom. The third-order valence-electron chi connectivity index (χ3n) is 2.88. The second kappa shape index (κ2) is 5.55. The van der Waals surface area contributed by atoms with Gasteiger partial charge in [-0.05, 0) is 29.4 Å². The molecule has 0 saturated carbocycles. The fraction of sp³-hybridized carbons (Fsp3) is 0.562. The summed E-state index contributed by atoms with van der Waals surface area (Å²) in [6, 6.07) is 6.17. The molecular weight excluding hydrogens is 222 g/mol. The third kappa shape index (κ3) is 4.17. The number of amides is 1. The molecule has 0 unspecified atom stereocenters. The van der Waals surface area contributed by atoms with Crippen molar-refractivity contribution in [3.05, 3.63) is 29.3 Å². The lowest BCUT2D eigenvalue weighted by Crippen LogP contribution is -2.21. The van der Waals surface area contributed by atoms with Crippen molar-refractivity contribution in [2.24, 2.45) is 5.41 Å². The van der Waals surface area contributed by atoms with E-state index in [-0.39, 0.29) is 11.3 Å². The second-order valence-corrected chi connectivity index (χ2v) is 6.48. The molecule has 100 valence electrons. The van der Waals surface area contributed by atoms with Crippen LogP contribution in [0.2, 0.25) is 0 Å². The fourth-order valence-electron chi connectivity index (χ4n) is 2.01. The minimum absolute atomic E-state index is 0.0186. The molecule has 1 aromatic rings. The van der Waals surface area contributed by atoms with E-state index in [1.807, 2.05) is 19.1 Å². The van der Waals surface area contributed by atoms with Gasteiger partial charge in [-0.1, -0.05) is 52.8 Å². The van der Waals surface area contributed by atoms with Gasteiger partial charge in [0.2, 0.25) is 5.91 Å². The SMILES string of the molecule is Cc1cccc(C(C)C)c1NC(=O)CC(C)(C)C. The molecule has 0 spiro atoms. The number of carbonyl (C=O) groups excluding carboxylic acids is 1.